The van der Waals surface area contributed by atoms with E-state index in [0.29, 0.717) is 11.3 Å². The highest BCUT2D eigenvalue weighted by molar-refractivity contribution is 5.88. The lowest BCUT2D eigenvalue weighted by molar-refractivity contribution is -0.145. The van der Waals surface area contributed by atoms with Gasteiger partial charge in [0.2, 0.25) is 0 Å². The molecule has 0 saturated carbocycles. The van der Waals surface area contributed by atoms with Gasteiger partial charge in [-0.25, -0.2) is 9.18 Å². The van der Waals surface area contributed by atoms with E-state index in [9.17, 15) is 14.3 Å². The minimum Gasteiger partial charge on any atom is -0.478 e. The standard InChI is InChI=1S/C19H15FO3/c20-16-10-4-2-7-14(16)12-18(19(21)22)23-17-11-5-8-13-6-1-3-9-15(13)17/h1-11,18H,12H2,(H,21,22)/t18-/m1/s1. The monoisotopic (exact) mass is 310 g/mol. The fraction of sp³-hybridized carbons (Fsp3) is 0.105. The van der Waals surface area contributed by atoms with Gasteiger partial charge in [0.1, 0.15) is 11.6 Å². The number of hydrogen-bond donors (Lipinski definition) is 1. The molecule has 0 spiro atoms. The van der Waals surface area contributed by atoms with E-state index in [4.69, 9.17) is 4.74 Å². The molecule has 0 saturated heterocycles. The van der Waals surface area contributed by atoms with Crippen molar-refractivity contribution in [3.05, 3.63) is 78.1 Å². The third-order valence-electron chi connectivity index (χ3n) is 3.66. The molecule has 0 aromatic heterocycles. The summed E-state index contributed by atoms with van der Waals surface area (Å²) in [6.45, 7) is 0. The van der Waals surface area contributed by atoms with Crippen molar-refractivity contribution in [1.29, 1.82) is 0 Å². The number of benzene rings is 3. The molecule has 23 heavy (non-hydrogen) atoms. The summed E-state index contributed by atoms with van der Waals surface area (Å²) in [6.07, 6.45) is -1.19. The minimum absolute atomic E-state index is 0.0365. The number of aliphatic carboxylic acids is 1. The van der Waals surface area contributed by atoms with Crippen molar-refractivity contribution < 1.29 is 19.0 Å². The van der Waals surface area contributed by atoms with E-state index in [0.717, 1.165) is 10.8 Å². The summed E-state index contributed by atoms with van der Waals surface area (Å²) in [6, 6.07) is 19.1. The molecule has 0 aliphatic heterocycles. The first-order valence-electron chi connectivity index (χ1n) is 7.26. The zero-order valence-corrected chi connectivity index (χ0v) is 12.3. The Morgan fingerprint density at radius 3 is 2.48 bits per heavy atom. The van der Waals surface area contributed by atoms with Crippen LogP contribution in [0.2, 0.25) is 0 Å². The fourth-order valence-electron chi connectivity index (χ4n) is 2.49. The average Bonchev–Trinajstić information content (AvgIpc) is 2.56. The SMILES string of the molecule is O=C(O)[C@@H](Cc1ccccc1F)Oc1cccc2ccccc12. The summed E-state index contributed by atoms with van der Waals surface area (Å²) in [5.74, 6) is -1.08. The van der Waals surface area contributed by atoms with Gasteiger partial charge in [-0.15, -0.1) is 0 Å². The molecule has 0 heterocycles. The highest BCUT2D eigenvalue weighted by Crippen LogP contribution is 2.27. The maximum absolute atomic E-state index is 13.8. The molecule has 0 amide bonds. The maximum Gasteiger partial charge on any atom is 0.345 e. The van der Waals surface area contributed by atoms with Crippen LogP contribution in [0.1, 0.15) is 5.56 Å². The van der Waals surface area contributed by atoms with E-state index < -0.39 is 17.9 Å². The molecule has 1 atom stereocenters. The van der Waals surface area contributed by atoms with Gasteiger partial charge in [0.25, 0.3) is 0 Å². The van der Waals surface area contributed by atoms with Crippen LogP contribution in [0, 0.1) is 5.82 Å². The molecule has 116 valence electrons. The topological polar surface area (TPSA) is 46.5 Å². The van der Waals surface area contributed by atoms with Crippen LogP contribution in [0.15, 0.2) is 66.7 Å². The third-order valence-corrected chi connectivity index (χ3v) is 3.66. The van der Waals surface area contributed by atoms with Gasteiger partial charge in [-0.3, -0.25) is 0 Å². The van der Waals surface area contributed by atoms with E-state index in [1.165, 1.54) is 6.07 Å². The molecule has 3 aromatic rings. The molecule has 0 unspecified atom stereocenters. The third kappa shape index (κ3) is 3.31. The van der Waals surface area contributed by atoms with Gasteiger partial charge in [-0.1, -0.05) is 54.6 Å². The second kappa shape index (κ2) is 6.48. The van der Waals surface area contributed by atoms with E-state index in [-0.39, 0.29) is 6.42 Å². The normalized spacial score (nSPS) is 12.0. The van der Waals surface area contributed by atoms with Crippen LogP contribution >= 0.6 is 0 Å². The highest BCUT2D eigenvalue weighted by Gasteiger charge is 2.22. The van der Waals surface area contributed by atoms with Crippen LogP contribution in [0.25, 0.3) is 10.8 Å². The number of halogens is 1. The Kier molecular flexibility index (Phi) is 4.24. The number of rotatable bonds is 5. The molecular formula is C19H15FO3. The molecular weight excluding hydrogens is 295 g/mol. The molecule has 3 rings (SSSR count). The van der Waals surface area contributed by atoms with Crippen LogP contribution in [0.5, 0.6) is 5.75 Å². The first kappa shape index (κ1) is 15.0. The molecule has 4 heteroatoms. The number of carboxylic acid groups (broad SMARTS) is 1. The lowest BCUT2D eigenvalue weighted by Gasteiger charge is -2.17. The predicted octanol–water partition coefficient (Wildman–Crippen LogP) is 4.05. The number of hydrogen-bond acceptors (Lipinski definition) is 2. The van der Waals surface area contributed by atoms with Crippen LogP contribution in [0.4, 0.5) is 4.39 Å². The van der Waals surface area contributed by atoms with Crippen LogP contribution in [-0.2, 0) is 11.2 Å². The van der Waals surface area contributed by atoms with E-state index in [2.05, 4.69) is 0 Å². The van der Waals surface area contributed by atoms with Gasteiger partial charge < -0.3 is 9.84 Å². The Bertz CT molecular complexity index is 839. The van der Waals surface area contributed by atoms with Crippen molar-refractivity contribution >= 4 is 16.7 Å². The predicted molar refractivity (Wildman–Crippen MR) is 86.1 cm³/mol. The average molecular weight is 310 g/mol. The fourth-order valence-corrected chi connectivity index (χ4v) is 2.49. The van der Waals surface area contributed by atoms with Gasteiger partial charge in [0.15, 0.2) is 6.10 Å². The number of fused-ring (bicyclic) bond motifs is 1. The molecule has 0 aliphatic carbocycles. The van der Waals surface area contributed by atoms with E-state index in [1.54, 1.807) is 30.3 Å². The largest absolute Gasteiger partial charge is 0.478 e. The van der Waals surface area contributed by atoms with Crippen LogP contribution < -0.4 is 4.74 Å². The van der Waals surface area contributed by atoms with E-state index >= 15 is 0 Å². The van der Waals surface area contributed by atoms with Gasteiger partial charge in [-0.05, 0) is 23.1 Å². The lowest BCUT2D eigenvalue weighted by Crippen LogP contribution is -2.29. The van der Waals surface area contributed by atoms with Crippen molar-refractivity contribution in [2.45, 2.75) is 12.5 Å². The zero-order valence-electron chi connectivity index (χ0n) is 12.3. The van der Waals surface area contributed by atoms with Crippen molar-refractivity contribution in [2.24, 2.45) is 0 Å². The van der Waals surface area contributed by atoms with Gasteiger partial charge in [0.05, 0.1) is 0 Å². The Labute approximate surface area is 132 Å². The molecule has 0 fully saturated rings. The van der Waals surface area contributed by atoms with Gasteiger partial charge >= 0.3 is 5.97 Å². The maximum atomic E-state index is 13.8. The summed E-state index contributed by atoms with van der Waals surface area (Å²) >= 11 is 0. The number of carboxylic acids is 1. The smallest absolute Gasteiger partial charge is 0.345 e. The summed E-state index contributed by atoms with van der Waals surface area (Å²) in [4.78, 5) is 11.5. The second-order valence-electron chi connectivity index (χ2n) is 5.22. The summed E-state index contributed by atoms with van der Waals surface area (Å²) in [5, 5.41) is 11.2. The van der Waals surface area contributed by atoms with Crippen molar-refractivity contribution in [2.75, 3.05) is 0 Å². The first-order valence-corrected chi connectivity index (χ1v) is 7.26. The molecule has 0 aliphatic rings. The number of carbonyl (C=O) groups is 1. The Morgan fingerprint density at radius 2 is 1.70 bits per heavy atom. The van der Waals surface area contributed by atoms with Gasteiger partial charge in [0, 0.05) is 11.8 Å². The number of ether oxygens (including phenoxy) is 1. The summed E-state index contributed by atoms with van der Waals surface area (Å²) < 4.78 is 19.4. The Morgan fingerprint density at radius 1 is 1.00 bits per heavy atom. The summed E-state index contributed by atoms with van der Waals surface area (Å²) in [7, 11) is 0. The van der Waals surface area contributed by atoms with Crippen molar-refractivity contribution in [1.82, 2.24) is 0 Å². The quantitative estimate of drug-likeness (QED) is 0.773. The molecule has 3 aromatic carbocycles. The molecule has 0 bridgehead atoms. The first-order chi connectivity index (χ1) is 11.1. The molecule has 3 nitrogen and oxygen atoms in total. The molecule has 1 N–H and O–H groups in total. The van der Waals surface area contributed by atoms with Crippen molar-refractivity contribution in [3.8, 4) is 5.75 Å². The minimum atomic E-state index is -1.15. The highest BCUT2D eigenvalue weighted by atomic mass is 19.1. The van der Waals surface area contributed by atoms with Crippen molar-refractivity contribution in [3.63, 3.8) is 0 Å². The lowest BCUT2D eigenvalue weighted by atomic mass is 10.1. The zero-order chi connectivity index (χ0) is 16.2. The van der Waals surface area contributed by atoms with Crippen LogP contribution in [-0.4, -0.2) is 17.2 Å². The molecule has 0 radical (unpaired) electrons. The Balaban J connectivity index is 1.90. The Hall–Kier alpha value is -2.88. The van der Waals surface area contributed by atoms with E-state index in [1.807, 2.05) is 30.3 Å². The summed E-state index contributed by atoms with van der Waals surface area (Å²) in [5.41, 5.74) is 0.320. The van der Waals surface area contributed by atoms with Crippen LogP contribution in [0.3, 0.4) is 0 Å². The van der Waals surface area contributed by atoms with Gasteiger partial charge in [-0.2, -0.15) is 0 Å². The second-order valence-corrected chi connectivity index (χ2v) is 5.22.